The first-order valence-corrected chi connectivity index (χ1v) is 14.8. The number of thiazole rings is 1. The largest absolute Gasteiger partial charge is 0.369 e. The van der Waals surface area contributed by atoms with Crippen LogP contribution in [0, 0.1) is 5.92 Å². The minimum absolute atomic E-state index is 0.161. The highest BCUT2D eigenvalue weighted by Crippen LogP contribution is 2.73. The summed E-state index contributed by atoms with van der Waals surface area (Å²) in [6.07, 6.45) is 4.43. The van der Waals surface area contributed by atoms with E-state index in [1.165, 1.54) is 11.3 Å². The molecule has 3 N–H and O–H groups in total. The lowest BCUT2D eigenvalue weighted by molar-refractivity contribution is -0.110. The Kier molecular flexibility index (Phi) is 6.56. The molecule has 2 saturated carbocycles. The average molecular weight is 539 g/mol. The summed E-state index contributed by atoms with van der Waals surface area (Å²) < 4.78 is 10.9. The quantitative estimate of drug-likeness (QED) is 0.267. The maximum Gasteiger partial charge on any atom is 0.278 e. The van der Waals surface area contributed by atoms with E-state index in [9.17, 15) is 9.35 Å². The van der Waals surface area contributed by atoms with Crippen molar-refractivity contribution in [2.75, 3.05) is 50.9 Å². The third-order valence-corrected chi connectivity index (χ3v) is 10.3. The fourth-order valence-corrected chi connectivity index (χ4v) is 7.39. The van der Waals surface area contributed by atoms with Crippen LogP contribution in [0.5, 0.6) is 0 Å². The molecule has 1 atom stereocenters. The Balaban J connectivity index is 1.19. The summed E-state index contributed by atoms with van der Waals surface area (Å²) in [5, 5.41) is 13.5. The van der Waals surface area contributed by atoms with Crippen LogP contribution in [0.4, 0.5) is 10.9 Å². The fourth-order valence-electron chi connectivity index (χ4n) is 4.66. The monoisotopic (exact) mass is 538 g/mol. The summed E-state index contributed by atoms with van der Waals surface area (Å²) in [5.41, 5.74) is 1.84. The standard InChI is InChI=1S/C26H31N7O2S2/c1-32(2)14-11-27-21-10-9-20-24(29-21)36-25(28-20)30-23(34)22(31-33-12-3-4-13-33)17-5-7-19(8-6-17)37(35)26-15-18(26)16-26/h5-10,18,35H,3-4,11-16H2,1-2H3,(H-,27,28,29,30,31,34)/p+1. The molecule has 37 heavy (non-hydrogen) atoms. The van der Waals surface area contributed by atoms with Gasteiger partial charge in [0.15, 0.2) is 31.7 Å². The zero-order chi connectivity index (χ0) is 25.6. The van der Waals surface area contributed by atoms with Gasteiger partial charge in [-0.1, -0.05) is 11.3 Å². The molecule has 6 rings (SSSR count). The van der Waals surface area contributed by atoms with Gasteiger partial charge in [-0.15, -0.1) is 0 Å². The molecule has 0 bridgehead atoms. The molecule has 1 unspecified atom stereocenters. The molecule has 1 aliphatic heterocycles. The molecule has 2 aromatic heterocycles. The van der Waals surface area contributed by atoms with E-state index in [1.54, 1.807) is 0 Å². The highest BCUT2D eigenvalue weighted by Gasteiger charge is 2.83. The minimum Gasteiger partial charge on any atom is -0.369 e. The molecule has 11 heteroatoms. The lowest BCUT2D eigenvalue weighted by Crippen LogP contribution is -2.27. The van der Waals surface area contributed by atoms with Gasteiger partial charge in [0.2, 0.25) is 0 Å². The van der Waals surface area contributed by atoms with Crippen LogP contribution in [-0.4, -0.2) is 81.1 Å². The number of likely N-dealkylation sites (N-methyl/N-ethyl adjacent to an activating group) is 1. The Bertz CT molecular complexity index is 1330. The van der Waals surface area contributed by atoms with Crippen LogP contribution in [0.2, 0.25) is 0 Å². The Labute approximate surface area is 223 Å². The summed E-state index contributed by atoms with van der Waals surface area (Å²) >= 11 is 0.628. The molecule has 1 saturated heterocycles. The van der Waals surface area contributed by atoms with Crippen molar-refractivity contribution < 1.29 is 9.35 Å². The van der Waals surface area contributed by atoms with Crippen LogP contribution in [0.3, 0.4) is 0 Å². The first kappa shape index (κ1) is 24.6. The topological polar surface area (TPSA) is 106 Å². The number of pyridine rings is 1. The Hall–Kier alpha value is -2.73. The van der Waals surface area contributed by atoms with E-state index in [2.05, 4.69) is 25.5 Å². The molecule has 0 spiro atoms. The van der Waals surface area contributed by atoms with Gasteiger partial charge >= 0.3 is 0 Å². The normalized spacial score (nSPS) is 23.3. The van der Waals surface area contributed by atoms with Crippen LogP contribution in [0.25, 0.3) is 10.3 Å². The second-order valence-electron chi connectivity index (χ2n) is 10.3. The number of hydrogen-bond donors (Lipinski definition) is 3. The highest BCUT2D eigenvalue weighted by molar-refractivity contribution is 7.93. The maximum atomic E-state index is 13.5. The van der Waals surface area contributed by atoms with Gasteiger partial charge < -0.3 is 10.2 Å². The molecule has 3 aliphatic rings. The number of aromatic nitrogens is 2. The lowest BCUT2D eigenvalue weighted by atomic mass is 10.1. The highest BCUT2D eigenvalue weighted by atomic mass is 32.2. The number of fused-ring (bicyclic) bond motifs is 2. The van der Waals surface area contributed by atoms with E-state index in [0.717, 1.165) is 78.5 Å². The number of nitrogens with zero attached hydrogens (tertiary/aromatic N) is 5. The summed E-state index contributed by atoms with van der Waals surface area (Å²) in [6, 6.07) is 11.5. The second-order valence-corrected chi connectivity index (χ2v) is 13.1. The fraction of sp³-hybridized carbons (Fsp3) is 0.462. The van der Waals surface area contributed by atoms with Gasteiger partial charge in [0, 0.05) is 50.5 Å². The number of hydrazone groups is 1. The smallest absolute Gasteiger partial charge is 0.278 e. The van der Waals surface area contributed by atoms with Gasteiger partial charge in [-0.25, -0.2) is 9.97 Å². The van der Waals surface area contributed by atoms with Gasteiger partial charge in [0.05, 0.1) is 0 Å². The molecule has 3 aromatic rings. The maximum absolute atomic E-state index is 13.5. The van der Waals surface area contributed by atoms with Crippen LogP contribution >= 0.6 is 11.3 Å². The summed E-state index contributed by atoms with van der Waals surface area (Å²) in [6.45, 7) is 3.38. The summed E-state index contributed by atoms with van der Waals surface area (Å²) in [4.78, 5) is 26.5. The number of anilines is 2. The average Bonchev–Trinajstić information content (AvgIpc) is 3.60. The van der Waals surface area contributed by atoms with Gasteiger partial charge in [-0.3, -0.25) is 15.1 Å². The van der Waals surface area contributed by atoms with Crippen molar-refractivity contribution in [2.45, 2.75) is 35.3 Å². The van der Waals surface area contributed by atoms with Crippen LogP contribution in [-0.2, 0) is 16.0 Å². The molecule has 1 aromatic carbocycles. The first-order chi connectivity index (χ1) is 17.9. The second kappa shape index (κ2) is 9.86. The predicted molar refractivity (Wildman–Crippen MR) is 151 cm³/mol. The molecular formula is C26H32N7O2S2+. The lowest BCUT2D eigenvalue weighted by Gasteiger charge is -2.14. The van der Waals surface area contributed by atoms with Crippen molar-refractivity contribution in [3.8, 4) is 0 Å². The zero-order valence-corrected chi connectivity index (χ0v) is 22.7. The van der Waals surface area contributed by atoms with Crippen molar-refractivity contribution in [3.63, 3.8) is 0 Å². The van der Waals surface area contributed by atoms with E-state index in [1.807, 2.05) is 55.5 Å². The van der Waals surface area contributed by atoms with Crippen molar-refractivity contribution in [1.29, 1.82) is 0 Å². The zero-order valence-electron chi connectivity index (χ0n) is 21.1. The summed E-state index contributed by atoms with van der Waals surface area (Å²) in [7, 11) is 4.07. The number of hydrogen-bond acceptors (Lipinski definition) is 9. The minimum atomic E-state index is -0.723. The third kappa shape index (κ3) is 5.18. The van der Waals surface area contributed by atoms with E-state index in [0.29, 0.717) is 16.8 Å². The van der Waals surface area contributed by atoms with E-state index < -0.39 is 11.2 Å². The van der Waals surface area contributed by atoms with E-state index in [4.69, 9.17) is 5.10 Å². The molecule has 3 heterocycles. The number of rotatable bonds is 10. The molecule has 0 radical (unpaired) electrons. The van der Waals surface area contributed by atoms with E-state index in [-0.39, 0.29) is 10.7 Å². The van der Waals surface area contributed by atoms with Crippen molar-refractivity contribution >= 4 is 55.4 Å². The van der Waals surface area contributed by atoms with Crippen LogP contribution in [0.1, 0.15) is 31.2 Å². The SMILES string of the molecule is CN(C)CCNc1ccc2nc(NC(=O)/C(=N/N3CCCC3)c3ccc([S+](O)C45CC4C5)cc3)sc2n1. The van der Waals surface area contributed by atoms with Crippen molar-refractivity contribution in [1.82, 2.24) is 19.9 Å². The van der Waals surface area contributed by atoms with Crippen molar-refractivity contribution in [3.05, 3.63) is 42.0 Å². The van der Waals surface area contributed by atoms with Gasteiger partial charge in [-0.2, -0.15) is 9.65 Å². The molecule has 194 valence electrons. The summed E-state index contributed by atoms with van der Waals surface area (Å²) in [5.74, 6) is 1.21. The molecule has 2 aliphatic carbocycles. The Morgan fingerprint density at radius 2 is 1.92 bits per heavy atom. The molecule has 3 fully saturated rings. The third-order valence-electron chi connectivity index (χ3n) is 7.22. The Morgan fingerprint density at radius 1 is 1.19 bits per heavy atom. The predicted octanol–water partition coefficient (Wildman–Crippen LogP) is 3.72. The molecule has 9 nitrogen and oxygen atoms in total. The van der Waals surface area contributed by atoms with Crippen molar-refractivity contribution in [2.24, 2.45) is 11.0 Å². The van der Waals surface area contributed by atoms with Gasteiger partial charge in [-0.05, 0) is 63.3 Å². The number of benzene rings is 1. The first-order valence-electron chi connectivity index (χ1n) is 12.8. The molecule has 1 amide bonds. The molecular weight excluding hydrogens is 506 g/mol. The number of carbonyl (C=O) groups excluding carboxylic acids is 1. The van der Waals surface area contributed by atoms with E-state index >= 15 is 0 Å². The number of carbonyl (C=O) groups is 1. The van der Waals surface area contributed by atoms with Crippen LogP contribution in [0.15, 0.2) is 46.4 Å². The Morgan fingerprint density at radius 3 is 2.59 bits per heavy atom. The van der Waals surface area contributed by atoms with Crippen LogP contribution < -0.4 is 10.6 Å². The number of amides is 1. The van der Waals surface area contributed by atoms with Gasteiger partial charge in [0.25, 0.3) is 5.91 Å². The number of nitrogens with one attached hydrogen (secondary N) is 2. The van der Waals surface area contributed by atoms with Gasteiger partial charge in [0.1, 0.15) is 16.2 Å².